The van der Waals surface area contributed by atoms with E-state index in [9.17, 15) is 0 Å². The van der Waals surface area contributed by atoms with Crippen molar-refractivity contribution in [3.8, 4) is 10.7 Å². The Morgan fingerprint density at radius 3 is 2.65 bits per heavy atom. The summed E-state index contributed by atoms with van der Waals surface area (Å²) >= 11 is 11.1. The van der Waals surface area contributed by atoms with Gasteiger partial charge in [-0.15, -0.1) is 11.3 Å². The Kier molecular flexibility index (Phi) is 4.29. The largest absolute Gasteiger partial charge is 0.373 e. The Bertz CT molecular complexity index is 603. The first kappa shape index (κ1) is 14.3. The third-order valence-corrected chi connectivity index (χ3v) is 6.11. The summed E-state index contributed by atoms with van der Waals surface area (Å²) in [5.41, 5.74) is 1.15. The van der Waals surface area contributed by atoms with Crippen LogP contribution in [0.2, 0.25) is 4.34 Å². The van der Waals surface area contributed by atoms with Crippen LogP contribution in [0.4, 0.5) is 5.82 Å². The van der Waals surface area contributed by atoms with Crippen molar-refractivity contribution in [2.75, 3.05) is 12.4 Å². The van der Waals surface area contributed by atoms with Crippen LogP contribution in [0.5, 0.6) is 0 Å². The summed E-state index contributed by atoms with van der Waals surface area (Å²) in [6.07, 6.45) is 5.06. The highest BCUT2D eigenvalue weighted by atomic mass is 79.9. The first-order chi connectivity index (χ1) is 9.67. The van der Waals surface area contributed by atoms with E-state index in [1.807, 2.05) is 13.1 Å². The van der Waals surface area contributed by atoms with Gasteiger partial charge in [0, 0.05) is 29.2 Å². The molecule has 1 fully saturated rings. The van der Waals surface area contributed by atoms with E-state index in [0.717, 1.165) is 31.0 Å². The molecule has 0 saturated heterocycles. The van der Waals surface area contributed by atoms with Crippen molar-refractivity contribution < 1.29 is 0 Å². The van der Waals surface area contributed by atoms with E-state index in [4.69, 9.17) is 16.6 Å². The zero-order valence-corrected chi connectivity index (χ0v) is 14.3. The van der Waals surface area contributed by atoms with E-state index in [1.165, 1.54) is 37.0 Å². The fourth-order valence-electron chi connectivity index (χ4n) is 2.59. The maximum absolute atomic E-state index is 6.12. The summed E-state index contributed by atoms with van der Waals surface area (Å²) in [6, 6.07) is 4.06. The molecule has 0 atom stereocenters. The van der Waals surface area contributed by atoms with Gasteiger partial charge in [-0.25, -0.2) is 9.97 Å². The van der Waals surface area contributed by atoms with Crippen LogP contribution in [-0.2, 0) is 0 Å². The molecule has 1 aliphatic carbocycles. The Labute approximate surface area is 135 Å². The van der Waals surface area contributed by atoms with Gasteiger partial charge in [0.2, 0.25) is 0 Å². The SMILES string of the molecule is CNc1cc(C2CCCC2)nc(-c2cc(Br)c(Cl)s2)n1. The highest BCUT2D eigenvalue weighted by Crippen LogP contribution is 2.39. The van der Waals surface area contributed by atoms with E-state index in [2.05, 4.69) is 32.3 Å². The molecule has 20 heavy (non-hydrogen) atoms. The lowest BCUT2D eigenvalue weighted by Gasteiger charge is -2.11. The average molecular weight is 373 g/mol. The Balaban J connectivity index is 2.03. The van der Waals surface area contributed by atoms with E-state index in [1.54, 1.807) is 0 Å². The summed E-state index contributed by atoms with van der Waals surface area (Å²) in [6.45, 7) is 0. The predicted octanol–water partition coefficient (Wildman–Crippen LogP) is 5.32. The second kappa shape index (κ2) is 6.00. The van der Waals surface area contributed by atoms with Crippen LogP contribution in [0.1, 0.15) is 37.3 Å². The number of nitrogens with zero attached hydrogens (tertiary/aromatic N) is 2. The van der Waals surface area contributed by atoms with Crippen molar-refractivity contribution in [1.82, 2.24) is 9.97 Å². The van der Waals surface area contributed by atoms with Crippen molar-refractivity contribution in [3.05, 3.63) is 26.6 Å². The van der Waals surface area contributed by atoms with Gasteiger partial charge in [0.15, 0.2) is 5.82 Å². The molecular formula is C14H15BrClN3S. The standard InChI is InChI=1S/C14H15BrClN3S/c1-17-12-7-10(8-4-2-3-5-8)18-14(19-12)11-6-9(15)13(16)20-11/h6-8H,2-5H2,1H3,(H,17,18,19). The second-order valence-electron chi connectivity index (χ2n) is 4.97. The van der Waals surface area contributed by atoms with Crippen molar-refractivity contribution in [2.45, 2.75) is 31.6 Å². The van der Waals surface area contributed by atoms with Crippen molar-refractivity contribution in [1.29, 1.82) is 0 Å². The van der Waals surface area contributed by atoms with Gasteiger partial charge in [-0.2, -0.15) is 0 Å². The van der Waals surface area contributed by atoms with Crippen LogP contribution in [0.25, 0.3) is 10.7 Å². The molecule has 1 saturated carbocycles. The first-order valence-corrected chi connectivity index (χ1v) is 8.68. The maximum Gasteiger partial charge on any atom is 0.171 e. The van der Waals surface area contributed by atoms with Gasteiger partial charge >= 0.3 is 0 Å². The molecule has 1 aliphatic rings. The van der Waals surface area contributed by atoms with Crippen LogP contribution in [0, 0.1) is 0 Å². The highest BCUT2D eigenvalue weighted by Gasteiger charge is 2.21. The van der Waals surface area contributed by atoms with Crippen LogP contribution in [0.15, 0.2) is 16.6 Å². The average Bonchev–Trinajstić information content (AvgIpc) is 3.09. The summed E-state index contributed by atoms with van der Waals surface area (Å²) in [4.78, 5) is 10.3. The molecule has 0 aliphatic heterocycles. The van der Waals surface area contributed by atoms with Gasteiger partial charge in [0.1, 0.15) is 10.2 Å². The quantitative estimate of drug-likeness (QED) is 0.792. The number of hydrogen-bond donors (Lipinski definition) is 1. The Morgan fingerprint density at radius 2 is 2.05 bits per heavy atom. The van der Waals surface area contributed by atoms with E-state index >= 15 is 0 Å². The van der Waals surface area contributed by atoms with Crippen molar-refractivity contribution >= 4 is 44.7 Å². The lowest BCUT2D eigenvalue weighted by Crippen LogP contribution is -2.03. The molecule has 1 N–H and O–H groups in total. The molecule has 0 radical (unpaired) electrons. The maximum atomic E-state index is 6.12. The van der Waals surface area contributed by atoms with Crippen LogP contribution >= 0.6 is 38.9 Å². The third kappa shape index (κ3) is 2.85. The van der Waals surface area contributed by atoms with Gasteiger partial charge < -0.3 is 5.32 Å². The molecule has 0 bridgehead atoms. The number of aromatic nitrogens is 2. The van der Waals surface area contributed by atoms with Gasteiger partial charge in [0.25, 0.3) is 0 Å². The number of rotatable bonds is 3. The molecule has 3 nitrogen and oxygen atoms in total. The van der Waals surface area contributed by atoms with Crippen molar-refractivity contribution in [2.24, 2.45) is 0 Å². The molecule has 0 unspecified atom stereocenters. The molecule has 2 heterocycles. The molecule has 2 aromatic heterocycles. The summed E-state index contributed by atoms with van der Waals surface area (Å²) < 4.78 is 1.64. The summed E-state index contributed by atoms with van der Waals surface area (Å²) in [5.74, 6) is 2.21. The highest BCUT2D eigenvalue weighted by molar-refractivity contribution is 9.10. The Hall–Kier alpha value is -0.650. The van der Waals surface area contributed by atoms with Gasteiger partial charge in [-0.05, 0) is 34.8 Å². The molecule has 106 valence electrons. The Morgan fingerprint density at radius 1 is 1.30 bits per heavy atom. The molecular weight excluding hydrogens is 358 g/mol. The van der Waals surface area contributed by atoms with Gasteiger partial charge in [-0.1, -0.05) is 24.4 Å². The summed E-state index contributed by atoms with van der Waals surface area (Å²) in [5, 5.41) is 3.13. The lowest BCUT2D eigenvalue weighted by molar-refractivity contribution is 0.696. The fraction of sp³-hybridized carbons (Fsp3) is 0.429. The molecule has 3 rings (SSSR count). The van der Waals surface area contributed by atoms with Crippen LogP contribution in [0.3, 0.4) is 0 Å². The predicted molar refractivity (Wildman–Crippen MR) is 88.8 cm³/mol. The molecule has 0 aromatic carbocycles. The molecule has 2 aromatic rings. The third-order valence-electron chi connectivity index (χ3n) is 3.64. The van der Waals surface area contributed by atoms with Gasteiger partial charge in [0.05, 0.1) is 4.88 Å². The van der Waals surface area contributed by atoms with Crippen molar-refractivity contribution in [3.63, 3.8) is 0 Å². The topological polar surface area (TPSA) is 37.8 Å². The second-order valence-corrected chi connectivity index (χ2v) is 7.47. The monoisotopic (exact) mass is 371 g/mol. The molecule has 6 heteroatoms. The normalized spacial score (nSPS) is 15.8. The van der Waals surface area contributed by atoms with Crippen LogP contribution in [-0.4, -0.2) is 17.0 Å². The number of hydrogen-bond acceptors (Lipinski definition) is 4. The van der Waals surface area contributed by atoms with E-state index in [0.29, 0.717) is 5.92 Å². The zero-order chi connectivity index (χ0) is 14.1. The number of thiophene rings is 1. The first-order valence-electron chi connectivity index (χ1n) is 6.69. The fourth-order valence-corrected chi connectivity index (χ4v) is 4.23. The number of anilines is 1. The van der Waals surface area contributed by atoms with E-state index in [-0.39, 0.29) is 0 Å². The lowest BCUT2D eigenvalue weighted by atomic mass is 10.0. The number of nitrogens with one attached hydrogen (secondary N) is 1. The van der Waals surface area contributed by atoms with Gasteiger partial charge in [-0.3, -0.25) is 0 Å². The molecule has 0 amide bonds. The summed E-state index contributed by atoms with van der Waals surface area (Å²) in [7, 11) is 1.89. The smallest absolute Gasteiger partial charge is 0.171 e. The minimum atomic E-state index is 0.572. The minimum Gasteiger partial charge on any atom is -0.373 e. The molecule has 0 spiro atoms. The zero-order valence-electron chi connectivity index (χ0n) is 11.1. The van der Waals surface area contributed by atoms with E-state index < -0.39 is 0 Å². The number of halogens is 2. The van der Waals surface area contributed by atoms with Crippen LogP contribution < -0.4 is 5.32 Å². The minimum absolute atomic E-state index is 0.572.